The highest BCUT2D eigenvalue weighted by Crippen LogP contribution is 2.26. The van der Waals surface area contributed by atoms with Crippen LogP contribution >= 0.6 is 0 Å². The van der Waals surface area contributed by atoms with Crippen molar-refractivity contribution in [3.63, 3.8) is 0 Å². The zero-order valence-electron chi connectivity index (χ0n) is 25.6. The van der Waals surface area contributed by atoms with Crippen LogP contribution in [0.2, 0.25) is 0 Å². The van der Waals surface area contributed by atoms with E-state index in [4.69, 9.17) is 19.8 Å². The molecule has 1 aromatic heterocycles. The van der Waals surface area contributed by atoms with Crippen molar-refractivity contribution in [1.82, 2.24) is 20.2 Å². The average Bonchev–Trinajstić information content (AvgIpc) is 3.48. The normalized spacial score (nSPS) is 14.1. The quantitative estimate of drug-likeness (QED) is 0.140. The summed E-state index contributed by atoms with van der Waals surface area (Å²) in [6, 6.07) is 14.5. The number of hydrogen-bond acceptors (Lipinski definition) is 6. The molecule has 1 saturated heterocycles. The summed E-state index contributed by atoms with van der Waals surface area (Å²) in [4.78, 5) is 52.4. The highest BCUT2D eigenvalue weighted by Gasteiger charge is 2.39. The Balaban J connectivity index is 0.000000459. The molecule has 0 radical (unpaired) electrons. The summed E-state index contributed by atoms with van der Waals surface area (Å²) < 4.78 is 63.5. The highest BCUT2D eigenvalue weighted by molar-refractivity contribution is 5.86. The van der Waals surface area contributed by atoms with Crippen LogP contribution < -0.4 is 5.32 Å². The number of carboxylic acids is 2. The Morgan fingerprint density at radius 3 is 2.04 bits per heavy atom. The van der Waals surface area contributed by atoms with Gasteiger partial charge in [-0.3, -0.25) is 9.59 Å². The van der Waals surface area contributed by atoms with Gasteiger partial charge in [0.2, 0.25) is 5.91 Å². The second kappa shape index (κ2) is 17.4. The van der Waals surface area contributed by atoms with Gasteiger partial charge in [-0.25, -0.2) is 14.6 Å². The Labute approximate surface area is 266 Å². The first-order valence-electron chi connectivity index (χ1n) is 14.6. The predicted molar refractivity (Wildman–Crippen MR) is 159 cm³/mol. The first-order valence-corrected chi connectivity index (χ1v) is 14.6. The number of ketones is 1. The summed E-state index contributed by atoms with van der Waals surface area (Å²) in [7, 11) is 2.03. The maximum absolute atomic E-state index is 12.8. The number of aromatic nitrogens is 2. The average molecular weight is 675 g/mol. The van der Waals surface area contributed by atoms with Crippen molar-refractivity contribution in [2.24, 2.45) is 5.92 Å². The second-order valence-corrected chi connectivity index (χ2v) is 10.8. The van der Waals surface area contributed by atoms with E-state index in [1.807, 2.05) is 32.3 Å². The molecule has 258 valence electrons. The summed E-state index contributed by atoms with van der Waals surface area (Å²) in [5.74, 6) is -4.25. The number of carbonyl (C=O) groups excluding carboxylic acids is 2. The number of carboxylic acid groups (broad SMARTS) is 2. The molecule has 1 fully saturated rings. The number of halogens is 6. The fourth-order valence-electron chi connectivity index (χ4n) is 4.47. The molecule has 1 aliphatic rings. The van der Waals surface area contributed by atoms with Crippen LogP contribution in [-0.4, -0.2) is 81.2 Å². The Kier molecular flexibility index (Phi) is 14.4. The van der Waals surface area contributed by atoms with Gasteiger partial charge in [0.25, 0.3) is 0 Å². The van der Waals surface area contributed by atoms with Crippen molar-refractivity contribution < 1.29 is 55.7 Å². The zero-order valence-corrected chi connectivity index (χ0v) is 25.6. The van der Waals surface area contributed by atoms with E-state index in [1.165, 1.54) is 10.8 Å². The lowest BCUT2D eigenvalue weighted by Crippen LogP contribution is -2.52. The van der Waals surface area contributed by atoms with Crippen LogP contribution in [0.25, 0.3) is 22.0 Å². The molecular formula is C31H36F6N4O6. The molecule has 0 saturated carbocycles. The van der Waals surface area contributed by atoms with E-state index in [-0.39, 0.29) is 17.9 Å². The smallest absolute Gasteiger partial charge is 0.475 e. The Morgan fingerprint density at radius 1 is 0.936 bits per heavy atom. The largest absolute Gasteiger partial charge is 0.490 e. The van der Waals surface area contributed by atoms with Gasteiger partial charge in [0.15, 0.2) is 0 Å². The van der Waals surface area contributed by atoms with E-state index in [2.05, 4.69) is 50.5 Å². The number of Topliss-reactive ketones (excluding diaryl/α,β-unsaturated/α-hetero) is 1. The molecule has 1 aliphatic heterocycles. The number of rotatable bonds is 11. The standard InChI is InChI=1S/C27H34N4O2.2C2HF3O2/c1-3-23(32)11-5-4-6-12-24(30-27(33)22-17-31(2)18-22)26-28-16-25(29-26)21-14-13-19-9-7-8-10-20(19)15-21;2*3-2(4,5)1(6)7/h7-10,13-16,22,24H,3-6,11-12,17-18H2,1-2H3,(H,28,29)(H,30,33);2*(H,6,7)/t24-;;/m1../s1. The van der Waals surface area contributed by atoms with Gasteiger partial charge in [0.1, 0.15) is 11.6 Å². The summed E-state index contributed by atoms with van der Waals surface area (Å²) in [6.07, 6.45) is -3.43. The fraction of sp³-hybridized carbons (Fsp3) is 0.452. The van der Waals surface area contributed by atoms with E-state index in [9.17, 15) is 35.9 Å². The van der Waals surface area contributed by atoms with E-state index in [0.29, 0.717) is 18.6 Å². The number of benzene rings is 2. The molecule has 1 amide bonds. The Morgan fingerprint density at radius 2 is 1.51 bits per heavy atom. The van der Waals surface area contributed by atoms with Crippen LogP contribution in [0.1, 0.15) is 57.3 Å². The summed E-state index contributed by atoms with van der Waals surface area (Å²) in [5.41, 5.74) is 2.03. The van der Waals surface area contributed by atoms with Crippen molar-refractivity contribution in [3.8, 4) is 11.3 Å². The molecule has 0 unspecified atom stereocenters. The maximum Gasteiger partial charge on any atom is 0.490 e. The number of aromatic amines is 1. The van der Waals surface area contributed by atoms with Crippen LogP contribution in [0, 0.1) is 5.92 Å². The van der Waals surface area contributed by atoms with E-state index in [0.717, 1.165) is 55.9 Å². The van der Waals surface area contributed by atoms with Crippen molar-refractivity contribution in [2.45, 2.75) is 63.8 Å². The number of fused-ring (bicyclic) bond motifs is 1. The lowest BCUT2D eigenvalue weighted by atomic mass is 9.98. The van der Waals surface area contributed by atoms with Crippen molar-refractivity contribution >= 4 is 34.4 Å². The third-order valence-electron chi connectivity index (χ3n) is 7.07. The van der Waals surface area contributed by atoms with E-state index >= 15 is 0 Å². The van der Waals surface area contributed by atoms with Gasteiger partial charge in [-0.2, -0.15) is 26.3 Å². The minimum atomic E-state index is -5.08. The number of unbranched alkanes of at least 4 members (excludes halogenated alkanes) is 2. The van der Waals surface area contributed by atoms with Gasteiger partial charge >= 0.3 is 24.3 Å². The third-order valence-corrected chi connectivity index (χ3v) is 7.07. The number of H-pyrrole nitrogens is 1. The van der Waals surface area contributed by atoms with Crippen LogP contribution in [0.5, 0.6) is 0 Å². The number of imidazole rings is 1. The van der Waals surface area contributed by atoms with Crippen molar-refractivity contribution in [2.75, 3.05) is 20.1 Å². The summed E-state index contributed by atoms with van der Waals surface area (Å²) in [6.45, 7) is 3.52. The van der Waals surface area contributed by atoms with E-state index in [1.54, 1.807) is 0 Å². The molecular weight excluding hydrogens is 638 g/mol. The Hall–Kier alpha value is -4.47. The lowest BCUT2D eigenvalue weighted by molar-refractivity contribution is -0.193. The van der Waals surface area contributed by atoms with Gasteiger partial charge < -0.3 is 25.4 Å². The monoisotopic (exact) mass is 674 g/mol. The molecule has 10 nitrogen and oxygen atoms in total. The fourth-order valence-corrected chi connectivity index (χ4v) is 4.47. The summed E-state index contributed by atoms with van der Waals surface area (Å²) in [5, 5.41) is 19.9. The van der Waals surface area contributed by atoms with Gasteiger partial charge in [0.05, 0.1) is 23.9 Å². The molecule has 0 spiro atoms. The zero-order chi connectivity index (χ0) is 35.4. The number of amides is 1. The number of alkyl halides is 6. The SMILES string of the molecule is CCC(=O)CCCCC[C@@H](NC(=O)C1CN(C)C1)c1ncc(-c2ccc3ccccc3c2)[nH]1.O=C(O)C(F)(F)F.O=C(O)C(F)(F)F. The van der Waals surface area contributed by atoms with E-state index < -0.39 is 24.3 Å². The summed E-state index contributed by atoms with van der Waals surface area (Å²) >= 11 is 0. The number of nitrogens with zero attached hydrogens (tertiary/aromatic N) is 2. The molecule has 16 heteroatoms. The molecule has 47 heavy (non-hydrogen) atoms. The van der Waals surface area contributed by atoms with Crippen LogP contribution in [0.3, 0.4) is 0 Å². The number of hydrogen-bond donors (Lipinski definition) is 4. The molecule has 0 bridgehead atoms. The van der Waals surface area contributed by atoms with Gasteiger partial charge in [-0.05, 0) is 36.7 Å². The Bertz CT molecular complexity index is 1480. The highest BCUT2D eigenvalue weighted by atomic mass is 19.4. The van der Waals surface area contributed by atoms with Crippen LogP contribution in [0.4, 0.5) is 26.3 Å². The third kappa shape index (κ3) is 13.0. The van der Waals surface area contributed by atoms with Gasteiger partial charge in [-0.1, -0.05) is 56.2 Å². The molecule has 4 N–H and O–H groups in total. The number of likely N-dealkylation sites (tertiary alicyclic amines) is 1. The molecule has 0 aliphatic carbocycles. The number of aliphatic carboxylic acids is 2. The number of nitrogens with one attached hydrogen (secondary N) is 2. The molecule has 3 aromatic rings. The predicted octanol–water partition coefficient (Wildman–Crippen LogP) is 6.15. The van der Waals surface area contributed by atoms with Gasteiger partial charge in [0, 0.05) is 31.5 Å². The number of carbonyl (C=O) groups is 4. The molecule has 4 rings (SSSR count). The second-order valence-electron chi connectivity index (χ2n) is 10.8. The maximum atomic E-state index is 12.8. The molecule has 2 heterocycles. The minimum Gasteiger partial charge on any atom is -0.475 e. The molecule has 1 atom stereocenters. The topological polar surface area (TPSA) is 153 Å². The molecule has 2 aromatic carbocycles. The lowest BCUT2D eigenvalue weighted by Gasteiger charge is -2.35. The first-order chi connectivity index (χ1) is 21.9. The van der Waals surface area contributed by atoms with Crippen molar-refractivity contribution in [1.29, 1.82) is 0 Å². The first kappa shape index (κ1) is 38.7. The van der Waals surface area contributed by atoms with Gasteiger partial charge in [-0.15, -0.1) is 0 Å². The minimum absolute atomic E-state index is 0.0506. The van der Waals surface area contributed by atoms with Crippen molar-refractivity contribution in [3.05, 3.63) is 54.5 Å². The van der Waals surface area contributed by atoms with Crippen LogP contribution in [-0.2, 0) is 19.2 Å². The van der Waals surface area contributed by atoms with Crippen LogP contribution in [0.15, 0.2) is 48.7 Å².